The van der Waals surface area contributed by atoms with E-state index in [2.05, 4.69) is 4.74 Å². The molecule has 2 unspecified atom stereocenters. The molecule has 2 aromatic heterocycles. The number of carbonyl (C=O) groups excluding carboxylic acids is 3. The molecule has 0 aliphatic carbocycles. The van der Waals surface area contributed by atoms with E-state index in [1.54, 1.807) is 19.9 Å². The first kappa shape index (κ1) is 34.0. The molecule has 2 aromatic rings. The Morgan fingerprint density at radius 2 is 1.32 bits per heavy atom. The van der Waals surface area contributed by atoms with Crippen LogP contribution in [0.2, 0.25) is 0 Å². The summed E-state index contributed by atoms with van der Waals surface area (Å²) in [6, 6.07) is 2.62. The van der Waals surface area contributed by atoms with Gasteiger partial charge in [-0.2, -0.15) is 0 Å². The number of hydrogen-bond acceptors (Lipinski definition) is 11. The lowest BCUT2D eigenvalue weighted by molar-refractivity contribution is -0.134. The molecule has 0 saturated heterocycles. The zero-order valence-corrected chi connectivity index (χ0v) is 23.5. The number of ether oxygens (including phenoxy) is 1. The summed E-state index contributed by atoms with van der Waals surface area (Å²) in [6.07, 6.45) is 5.65. The van der Waals surface area contributed by atoms with E-state index in [0.717, 1.165) is 0 Å². The molecule has 2 rings (SSSR count). The topological polar surface area (TPSA) is 182 Å². The van der Waals surface area contributed by atoms with Crippen LogP contribution in [-0.4, -0.2) is 46.6 Å². The van der Waals surface area contributed by atoms with Gasteiger partial charge in [-0.05, 0) is 25.7 Å². The van der Waals surface area contributed by atoms with Crippen LogP contribution in [0.5, 0.6) is 11.5 Å². The monoisotopic (exact) mass is 562 g/mol. The number of carbonyl (C=O) groups is 3. The predicted octanol–water partition coefficient (Wildman–Crippen LogP) is 4.37. The van der Waals surface area contributed by atoms with E-state index in [0.29, 0.717) is 37.2 Å². The van der Waals surface area contributed by atoms with E-state index in [-0.39, 0.29) is 53.9 Å². The molecule has 0 amide bonds. The number of aliphatic hydroxyl groups excluding tert-OH is 1. The zero-order chi connectivity index (χ0) is 30.4. The number of aliphatic hydroxyl groups is 1. The highest BCUT2D eigenvalue weighted by atomic mass is 16.5. The Kier molecular flexibility index (Phi) is 14.3. The highest BCUT2D eigenvalue weighted by Crippen LogP contribution is 2.26. The summed E-state index contributed by atoms with van der Waals surface area (Å²) in [6.45, 7) is 6.93. The quantitative estimate of drug-likeness (QED) is 0.179. The SMILES string of the molecule is CCC(=O)c1c(O)cc(C(C)CC/C=C/C(=O)OC)oc1=O.CCC(=O)c1c(O)cc(C(C)CCCO)oc1=O. The number of methoxy groups -OCH3 is 1. The predicted molar refractivity (Wildman–Crippen MR) is 146 cm³/mol. The van der Waals surface area contributed by atoms with E-state index in [4.69, 9.17) is 13.9 Å². The number of hydrogen-bond donors (Lipinski definition) is 3. The molecule has 0 aromatic carbocycles. The van der Waals surface area contributed by atoms with E-state index in [1.807, 2.05) is 13.8 Å². The van der Waals surface area contributed by atoms with Crippen molar-refractivity contribution in [3.8, 4) is 11.5 Å². The molecule has 40 heavy (non-hydrogen) atoms. The normalized spacial score (nSPS) is 12.3. The van der Waals surface area contributed by atoms with Crippen molar-refractivity contribution in [1.82, 2.24) is 0 Å². The van der Waals surface area contributed by atoms with E-state index < -0.39 is 28.8 Å². The molecule has 11 heteroatoms. The van der Waals surface area contributed by atoms with Gasteiger partial charge < -0.3 is 28.9 Å². The molecule has 0 aliphatic rings. The van der Waals surface area contributed by atoms with Gasteiger partial charge in [0, 0.05) is 49.5 Å². The van der Waals surface area contributed by atoms with Gasteiger partial charge in [0.15, 0.2) is 11.6 Å². The first-order valence-corrected chi connectivity index (χ1v) is 13.1. The van der Waals surface area contributed by atoms with Crippen LogP contribution in [0.25, 0.3) is 0 Å². The Balaban J connectivity index is 0.000000408. The zero-order valence-electron chi connectivity index (χ0n) is 23.5. The third-order valence-electron chi connectivity index (χ3n) is 6.09. The molecular weight excluding hydrogens is 524 g/mol. The molecule has 0 aliphatic heterocycles. The summed E-state index contributed by atoms with van der Waals surface area (Å²) >= 11 is 0. The van der Waals surface area contributed by atoms with Crippen molar-refractivity contribution in [3.05, 3.63) is 67.8 Å². The summed E-state index contributed by atoms with van der Waals surface area (Å²) in [4.78, 5) is 57.4. The minimum Gasteiger partial charge on any atom is -0.507 e. The Bertz CT molecular complexity index is 1300. The molecule has 0 radical (unpaired) electrons. The maximum Gasteiger partial charge on any atom is 0.350 e. The van der Waals surface area contributed by atoms with Crippen LogP contribution in [0.3, 0.4) is 0 Å². The third kappa shape index (κ3) is 9.96. The lowest BCUT2D eigenvalue weighted by Crippen LogP contribution is -2.15. The summed E-state index contributed by atoms with van der Waals surface area (Å²) in [7, 11) is 1.30. The largest absolute Gasteiger partial charge is 0.507 e. The molecule has 0 spiro atoms. The number of ketones is 2. The first-order valence-electron chi connectivity index (χ1n) is 13.1. The molecule has 220 valence electrons. The fraction of sp³-hybridized carbons (Fsp3) is 0.483. The van der Waals surface area contributed by atoms with Crippen LogP contribution in [-0.2, 0) is 9.53 Å². The Morgan fingerprint density at radius 1 is 0.875 bits per heavy atom. The fourth-order valence-electron chi connectivity index (χ4n) is 3.63. The van der Waals surface area contributed by atoms with Crippen LogP contribution in [0.1, 0.15) is 110 Å². The third-order valence-corrected chi connectivity index (χ3v) is 6.09. The van der Waals surface area contributed by atoms with Gasteiger partial charge in [-0.25, -0.2) is 14.4 Å². The molecule has 2 heterocycles. The van der Waals surface area contributed by atoms with Gasteiger partial charge in [0.05, 0.1) is 7.11 Å². The van der Waals surface area contributed by atoms with Crippen LogP contribution in [0, 0.1) is 0 Å². The summed E-state index contributed by atoms with van der Waals surface area (Å²) in [5, 5.41) is 28.3. The van der Waals surface area contributed by atoms with E-state index >= 15 is 0 Å². The Labute approximate surface area is 232 Å². The van der Waals surface area contributed by atoms with Gasteiger partial charge in [0.1, 0.15) is 34.1 Å². The Morgan fingerprint density at radius 3 is 1.70 bits per heavy atom. The van der Waals surface area contributed by atoms with Crippen molar-refractivity contribution in [2.75, 3.05) is 13.7 Å². The molecule has 0 fully saturated rings. The number of Topliss-reactive ketones (excluding diaryl/α,β-unsaturated/α-hetero) is 2. The second kappa shape index (κ2) is 16.9. The molecule has 0 saturated carbocycles. The van der Waals surface area contributed by atoms with Crippen molar-refractivity contribution in [3.63, 3.8) is 0 Å². The molecule has 3 N–H and O–H groups in total. The van der Waals surface area contributed by atoms with Gasteiger partial charge in [-0.1, -0.05) is 33.8 Å². The van der Waals surface area contributed by atoms with Crippen molar-refractivity contribution in [2.24, 2.45) is 0 Å². The molecule has 11 nitrogen and oxygen atoms in total. The van der Waals surface area contributed by atoms with E-state index in [1.165, 1.54) is 25.3 Å². The first-order chi connectivity index (χ1) is 18.9. The van der Waals surface area contributed by atoms with Crippen LogP contribution in [0.4, 0.5) is 0 Å². The molecule has 2 atom stereocenters. The number of allylic oxidation sites excluding steroid dienone is 1. The van der Waals surface area contributed by atoms with Gasteiger partial charge in [0.25, 0.3) is 0 Å². The minimum atomic E-state index is -0.821. The maximum atomic E-state index is 11.8. The summed E-state index contributed by atoms with van der Waals surface area (Å²) in [5.41, 5.74) is -2.20. The van der Waals surface area contributed by atoms with Crippen LogP contribution in [0.15, 0.2) is 42.7 Å². The number of esters is 1. The lowest BCUT2D eigenvalue weighted by Gasteiger charge is -2.10. The summed E-state index contributed by atoms with van der Waals surface area (Å²) in [5.74, 6) is -1.60. The fourth-order valence-corrected chi connectivity index (χ4v) is 3.63. The maximum absolute atomic E-state index is 11.8. The smallest absolute Gasteiger partial charge is 0.350 e. The van der Waals surface area contributed by atoms with Crippen LogP contribution < -0.4 is 11.3 Å². The number of aromatic hydroxyl groups is 2. The van der Waals surface area contributed by atoms with Gasteiger partial charge >= 0.3 is 17.2 Å². The number of rotatable bonds is 13. The summed E-state index contributed by atoms with van der Waals surface area (Å²) < 4.78 is 14.6. The molecule has 0 bridgehead atoms. The van der Waals surface area contributed by atoms with Crippen molar-refractivity contribution >= 4 is 17.5 Å². The van der Waals surface area contributed by atoms with Gasteiger partial charge in [-0.3, -0.25) is 9.59 Å². The second-order valence-corrected chi connectivity index (χ2v) is 9.12. The van der Waals surface area contributed by atoms with Crippen molar-refractivity contribution in [1.29, 1.82) is 0 Å². The second-order valence-electron chi connectivity index (χ2n) is 9.12. The van der Waals surface area contributed by atoms with Gasteiger partial charge in [0.2, 0.25) is 0 Å². The average molecular weight is 563 g/mol. The van der Waals surface area contributed by atoms with Crippen molar-refractivity contribution < 1.29 is 43.3 Å². The van der Waals surface area contributed by atoms with Gasteiger partial charge in [-0.15, -0.1) is 0 Å². The highest BCUT2D eigenvalue weighted by Gasteiger charge is 2.20. The lowest BCUT2D eigenvalue weighted by atomic mass is 10.0. The Hall–Kier alpha value is -3.99. The molecular formula is C29H38O11. The standard InChI is InChI=1S/C16H20O6.C13H18O5/c1-4-11(17)15-12(18)9-13(22-16(15)20)10(2)7-5-6-8-14(19)21-3;1-3-9(15)12-10(16)7-11(18-13(12)17)8(2)5-4-6-14/h6,8-10,18H,4-5,7H2,1-3H3;7-8,14,16H,3-6H2,1-2H3/b8-6+;. The van der Waals surface area contributed by atoms with Crippen molar-refractivity contribution in [2.45, 2.75) is 78.1 Å². The van der Waals surface area contributed by atoms with Crippen LogP contribution >= 0.6 is 0 Å². The van der Waals surface area contributed by atoms with E-state index in [9.17, 15) is 34.2 Å². The minimum absolute atomic E-state index is 0.0625. The average Bonchev–Trinajstić information content (AvgIpc) is 2.92. The highest BCUT2D eigenvalue weighted by molar-refractivity contribution is 5.98.